The smallest absolute Gasteiger partial charge is 0.254 e. The molecule has 1 aliphatic heterocycles. The summed E-state index contributed by atoms with van der Waals surface area (Å²) in [5.74, 6) is 0.871. The Hall–Kier alpha value is -0.870. The largest absolute Gasteiger partial charge is 0.339 e. The van der Waals surface area contributed by atoms with E-state index in [0.29, 0.717) is 5.92 Å². The number of carbonyl (C=O) groups excluding carboxylic acids is 1. The minimum absolute atomic E-state index is 0.259. The Balaban J connectivity index is 1.72. The van der Waals surface area contributed by atoms with Gasteiger partial charge in [-0.15, -0.1) is 11.3 Å². The van der Waals surface area contributed by atoms with Crippen LogP contribution in [-0.2, 0) is 12.8 Å². The number of likely N-dealkylation sites (tertiary alicyclic amines) is 1. The molecular formula is C15H22N2OS. The second-order valence-electron chi connectivity index (χ2n) is 5.73. The lowest BCUT2D eigenvalue weighted by molar-refractivity contribution is 0.0692. The van der Waals surface area contributed by atoms with E-state index in [1.54, 1.807) is 11.3 Å². The summed E-state index contributed by atoms with van der Waals surface area (Å²) in [6.07, 6.45) is 6.91. The first-order valence-electron chi connectivity index (χ1n) is 7.38. The molecule has 19 heavy (non-hydrogen) atoms. The molecule has 0 unspecified atom stereocenters. The standard InChI is InChI=1S/C15H22N2OS/c16-9-11-5-7-17(8-6-11)15(18)13-10-19-14-4-2-1-3-12(13)14/h10-11H,1-9,16H2. The highest BCUT2D eigenvalue weighted by atomic mass is 32.1. The number of nitrogens with zero attached hydrogens (tertiary/aromatic N) is 1. The molecule has 1 aromatic heterocycles. The summed E-state index contributed by atoms with van der Waals surface area (Å²) in [5.41, 5.74) is 8.05. The molecule has 0 spiro atoms. The first kappa shape index (κ1) is 13.1. The molecule has 0 radical (unpaired) electrons. The first-order chi connectivity index (χ1) is 9.29. The monoisotopic (exact) mass is 278 g/mol. The lowest BCUT2D eigenvalue weighted by Gasteiger charge is -2.31. The van der Waals surface area contributed by atoms with Crippen LogP contribution in [0.15, 0.2) is 5.38 Å². The summed E-state index contributed by atoms with van der Waals surface area (Å²) in [4.78, 5) is 16.1. The Kier molecular flexibility index (Phi) is 3.89. The summed E-state index contributed by atoms with van der Waals surface area (Å²) < 4.78 is 0. The zero-order valence-electron chi connectivity index (χ0n) is 11.4. The molecule has 2 heterocycles. The van der Waals surface area contributed by atoms with Crippen molar-refractivity contribution < 1.29 is 4.79 Å². The Morgan fingerprint density at radius 1 is 1.32 bits per heavy atom. The summed E-state index contributed by atoms with van der Waals surface area (Å²) in [6.45, 7) is 2.52. The molecule has 3 nitrogen and oxygen atoms in total. The molecule has 1 aliphatic carbocycles. The second kappa shape index (κ2) is 5.63. The van der Waals surface area contributed by atoms with E-state index in [1.165, 1.54) is 29.7 Å². The summed E-state index contributed by atoms with van der Waals surface area (Å²) >= 11 is 1.78. The average Bonchev–Trinajstić information content (AvgIpc) is 2.90. The third kappa shape index (κ3) is 2.56. The molecule has 0 bridgehead atoms. The van der Waals surface area contributed by atoms with Gasteiger partial charge in [0.15, 0.2) is 0 Å². The minimum Gasteiger partial charge on any atom is -0.339 e. The van der Waals surface area contributed by atoms with Crippen LogP contribution >= 0.6 is 11.3 Å². The van der Waals surface area contributed by atoms with Crippen LogP contribution in [0, 0.1) is 5.92 Å². The van der Waals surface area contributed by atoms with Crippen LogP contribution in [0.1, 0.15) is 46.5 Å². The van der Waals surface area contributed by atoms with Crippen molar-refractivity contribution in [3.63, 3.8) is 0 Å². The Labute approximate surface area is 118 Å². The average molecular weight is 278 g/mol. The van der Waals surface area contributed by atoms with Gasteiger partial charge in [0, 0.05) is 23.3 Å². The van der Waals surface area contributed by atoms with Gasteiger partial charge >= 0.3 is 0 Å². The molecule has 2 aliphatic rings. The van der Waals surface area contributed by atoms with Gasteiger partial charge in [0.2, 0.25) is 0 Å². The fraction of sp³-hybridized carbons (Fsp3) is 0.667. The number of hydrogen-bond donors (Lipinski definition) is 1. The fourth-order valence-corrected chi connectivity index (χ4v) is 4.33. The fourth-order valence-electron chi connectivity index (χ4n) is 3.22. The molecule has 3 rings (SSSR count). The van der Waals surface area contributed by atoms with Crippen LogP contribution in [0.25, 0.3) is 0 Å². The summed E-state index contributed by atoms with van der Waals surface area (Å²) in [6, 6.07) is 0. The van der Waals surface area contributed by atoms with Crippen molar-refractivity contribution in [3.8, 4) is 0 Å². The van der Waals surface area contributed by atoms with Crippen LogP contribution in [0.2, 0.25) is 0 Å². The quantitative estimate of drug-likeness (QED) is 0.903. The first-order valence-corrected chi connectivity index (χ1v) is 8.26. The van der Waals surface area contributed by atoms with Crippen LogP contribution in [0.5, 0.6) is 0 Å². The SMILES string of the molecule is NCC1CCN(C(=O)c2csc3c2CCCC3)CC1. The highest BCUT2D eigenvalue weighted by molar-refractivity contribution is 7.10. The van der Waals surface area contributed by atoms with Crippen molar-refractivity contribution in [2.24, 2.45) is 11.7 Å². The highest BCUT2D eigenvalue weighted by Gasteiger charge is 2.26. The van der Waals surface area contributed by atoms with Gasteiger partial charge in [-0.2, -0.15) is 0 Å². The van der Waals surface area contributed by atoms with Gasteiger partial charge in [-0.05, 0) is 56.6 Å². The molecule has 2 N–H and O–H groups in total. The number of nitrogens with two attached hydrogens (primary N) is 1. The number of hydrogen-bond acceptors (Lipinski definition) is 3. The third-order valence-corrected chi connectivity index (χ3v) is 5.62. The van der Waals surface area contributed by atoms with E-state index < -0.39 is 0 Å². The van der Waals surface area contributed by atoms with Crippen molar-refractivity contribution >= 4 is 17.2 Å². The molecule has 0 aromatic carbocycles. The molecule has 1 saturated heterocycles. The van der Waals surface area contributed by atoms with Crippen LogP contribution in [0.4, 0.5) is 0 Å². The topological polar surface area (TPSA) is 46.3 Å². The van der Waals surface area contributed by atoms with Gasteiger partial charge in [0.1, 0.15) is 0 Å². The number of fused-ring (bicyclic) bond motifs is 1. The minimum atomic E-state index is 0.259. The van der Waals surface area contributed by atoms with E-state index in [-0.39, 0.29) is 5.91 Å². The normalized spacial score (nSPS) is 20.4. The van der Waals surface area contributed by atoms with E-state index >= 15 is 0 Å². The van der Waals surface area contributed by atoms with Crippen LogP contribution in [-0.4, -0.2) is 30.4 Å². The van der Waals surface area contributed by atoms with Crippen molar-refractivity contribution in [1.82, 2.24) is 4.90 Å². The number of rotatable bonds is 2. The van der Waals surface area contributed by atoms with Crippen molar-refractivity contribution in [2.45, 2.75) is 38.5 Å². The second-order valence-corrected chi connectivity index (χ2v) is 6.69. The Bertz CT molecular complexity index is 461. The maximum absolute atomic E-state index is 12.6. The molecule has 1 fully saturated rings. The molecule has 0 saturated carbocycles. The van der Waals surface area contributed by atoms with Crippen LogP contribution in [0.3, 0.4) is 0 Å². The van der Waals surface area contributed by atoms with Gasteiger partial charge < -0.3 is 10.6 Å². The predicted octanol–water partition coefficient (Wildman–Crippen LogP) is 2.44. The van der Waals surface area contributed by atoms with Crippen LogP contribution < -0.4 is 5.73 Å². The molecule has 1 aromatic rings. The zero-order valence-corrected chi connectivity index (χ0v) is 12.2. The van der Waals surface area contributed by atoms with Gasteiger partial charge in [-0.1, -0.05) is 0 Å². The van der Waals surface area contributed by atoms with E-state index in [2.05, 4.69) is 5.38 Å². The van der Waals surface area contributed by atoms with Gasteiger partial charge in [-0.3, -0.25) is 4.79 Å². The van der Waals surface area contributed by atoms with Crippen molar-refractivity contribution in [3.05, 3.63) is 21.4 Å². The lowest BCUT2D eigenvalue weighted by Crippen LogP contribution is -2.40. The number of piperidine rings is 1. The van der Waals surface area contributed by atoms with Gasteiger partial charge in [-0.25, -0.2) is 0 Å². The molecule has 104 valence electrons. The van der Waals surface area contributed by atoms with Crippen molar-refractivity contribution in [1.29, 1.82) is 0 Å². The number of thiophene rings is 1. The number of amides is 1. The van der Waals surface area contributed by atoms with Gasteiger partial charge in [0.25, 0.3) is 5.91 Å². The summed E-state index contributed by atoms with van der Waals surface area (Å²) in [7, 11) is 0. The van der Waals surface area contributed by atoms with E-state index in [0.717, 1.165) is 44.5 Å². The Morgan fingerprint density at radius 2 is 2.05 bits per heavy atom. The highest BCUT2D eigenvalue weighted by Crippen LogP contribution is 2.31. The molecule has 4 heteroatoms. The number of aryl methyl sites for hydroxylation is 1. The maximum Gasteiger partial charge on any atom is 0.254 e. The van der Waals surface area contributed by atoms with E-state index in [4.69, 9.17) is 5.73 Å². The lowest BCUT2D eigenvalue weighted by atomic mass is 9.94. The molecule has 1 amide bonds. The number of carbonyl (C=O) groups is 1. The Morgan fingerprint density at radius 3 is 2.79 bits per heavy atom. The zero-order chi connectivity index (χ0) is 13.2. The van der Waals surface area contributed by atoms with E-state index in [1.807, 2.05) is 4.90 Å². The molecular weight excluding hydrogens is 256 g/mol. The van der Waals surface area contributed by atoms with Gasteiger partial charge in [0.05, 0.1) is 5.56 Å². The van der Waals surface area contributed by atoms with Crippen molar-refractivity contribution in [2.75, 3.05) is 19.6 Å². The van der Waals surface area contributed by atoms with E-state index in [9.17, 15) is 4.79 Å². The predicted molar refractivity (Wildman–Crippen MR) is 78.6 cm³/mol. The summed E-state index contributed by atoms with van der Waals surface area (Å²) in [5, 5.41) is 2.09. The third-order valence-electron chi connectivity index (χ3n) is 4.53. The molecule has 0 atom stereocenters. The maximum atomic E-state index is 12.6.